The fourth-order valence-corrected chi connectivity index (χ4v) is 2.22. The lowest BCUT2D eigenvalue weighted by molar-refractivity contribution is -0.129. The molecule has 0 fully saturated rings. The molecule has 0 bridgehead atoms. The zero-order valence-electron chi connectivity index (χ0n) is 12.2. The molecule has 0 aromatic heterocycles. The number of carbonyl (C=O) groups is 1. The number of unbranched alkanes of at least 4 members (excludes halogenated alkanes) is 11. The van der Waals surface area contributed by atoms with Gasteiger partial charge in [-0.05, 0) is 12.8 Å². The number of carbonyl (C=O) groups excluding carboxylic acids is 1. The Bertz CT molecular complexity index is 198. The molecule has 114 valence electrons. The molecule has 0 atom stereocenters. The molecule has 0 spiro atoms. The number of hydrogen-bond donors (Lipinski definition) is 3. The third kappa shape index (κ3) is 15.3. The number of aliphatic hydroxyl groups is 1. The standard InChI is InChI=1S/C15H31NO3/c17-14-12-10-8-6-4-2-1-3-5-7-9-11-13-15(18)16-19/h17,19H,1-14H2,(H,16,18). The minimum absolute atomic E-state index is 0.277. The summed E-state index contributed by atoms with van der Waals surface area (Å²) in [5.74, 6) is -0.277. The van der Waals surface area contributed by atoms with Crippen LogP contribution in [0.25, 0.3) is 0 Å². The molecule has 0 aliphatic heterocycles. The van der Waals surface area contributed by atoms with E-state index < -0.39 is 0 Å². The highest BCUT2D eigenvalue weighted by atomic mass is 16.5. The van der Waals surface area contributed by atoms with Gasteiger partial charge in [0.2, 0.25) is 5.91 Å². The quantitative estimate of drug-likeness (QED) is 0.257. The van der Waals surface area contributed by atoms with Crippen molar-refractivity contribution in [2.45, 2.75) is 83.5 Å². The average molecular weight is 273 g/mol. The summed E-state index contributed by atoms with van der Waals surface area (Å²) in [5.41, 5.74) is 1.66. The highest BCUT2D eigenvalue weighted by molar-refractivity contribution is 5.74. The van der Waals surface area contributed by atoms with Gasteiger partial charge >= 0.3 is 0 Å². The second-order valence-electron chi connectivity index (χ2n) is 5.25. The number of aliphatic hydroxyl groups excluding tert-OH is 1. The zero-order valence-corrected chi connectivity index (χ0v) is 12.2. The van der Waals surface area contributed by atoms with Crippen molar-refractivity contribution in [3.63, 3.8) is 0 Å². The molecule has 0 aromatic carbocycles. The molecule has 0 saturated carbocycles. The summed E-state index contributed by atoms with van der Waals surface area (Å²) < 4.78 is 0. The molecule has 0 aliphatic carbocycles. The number of nitrogens with one attached hydrogen (secondary N) is 1. The number of hydrogen-bond acceptors (Lipinski definition) is 3. The van der Waals surface area contributed by atoms with Gasteiger partial charge in [0.25, 0.3) is 0 Å². The lowest BCUT2D eigenvalue weighted by atomic mass is 10.0. The van der Waals surface area contributed by atoms with Crippen LogP contribution in [0.15, 0.2) is 0 Å². The van der Waals surface area contributed by atoms with E-state index in [1.165, 1.54) is 51.4 Å². The van der Waals surface area contributed by atoms with E-state index in [2.05, 4.69) is 0 Å². The van der Waals surface area contributed by atoms with E-state index in [1.807, 2.05) is 0 Å². The van der Waals surface area contributed by atoms with Crippen LogP contribution in [0.5, 0.6) is 0 Å². The van der Waals surface area contributed by atoms with Crippen LogP contribution >= 0.6 is 0 Å². The Hall–Kier alpha value is -0.610. The van der Waals surface area contributed by atoms with Gasteiger partial charge in [-0.1, -0.05) is 64.2 Å². The molecule has 19 heavy (non-hydrogen) atoms. The van der Waals surface area contributed by atoms with Crippen LogP contribution in [0.1, 0.15) is 83.5 Å². The topological polar surface area (TPSA) is 69.6 Å². The van der Waals surface area contributed by atoms with Crippen LogP contribution in [0.2, 0.25) is 0 Å². The second-order valence-corrected chi connectivity index (χ2v) is 5.25. The number of amides is 1. The van der Waals surface area contributed by atoms with Gasteiger partial charge in [-0.15, -0.1) is 0 Å². The molecular formula is C15H31NO3. The SMILES string of the molecule is O=C(CCCCCCCCCCCCCCO)NO. The first kappa shape index (κ1) is 18.4. The van der Waals surface area contributed by atoms with Gasteiger partial charge in [-0.2, -0.15) is 0 Å². The van der Waals surface area contributed by atoms with Crippen LogP contribution in [-0.4, -0.2) is 22.8 Å². The molecule has 0 rings (SSSR count). The molecule has 4 heteroatoms. The summed E-state index contributed by atoms with van der Waals surface area (Å²) in [5, 5.41) is 17.0. The van der Waals surface area contributed by atoms with E-state index in [9.17, 15) is 4.79 Å². The summed E-state index contributed by atoms with van der Waals surface area (Å²) in [6.07, 6.45) is 14.8. The lowest BCUT2D eigenvalue weighted by Crippen LogP contribution is -2.17. The van der Waals surface area contributed by atoms with Gasteiger partial charge in [-0.25, -0.2) is 5.48 Å². The first-order chi connectivity index (χ1) is 9.31. The normalized spacial score (nSPS) is 10.6. The van der Waals surface area contributed by atoms with E-state index in [1.54, 1.807) is 5.48 Å². The summed E-state index contributed by atoms with van der Waals surface area (Å²) in [7, 11) is 0. The summed E-state index contributed by atoms with van der Waals surface area (Å²) in [6.45, 7) is 0.333. The van der Waals surface area contributed by atoms with Crippen molar-refractivity contribution >= 4 is 5.91 Å². The maximum Gasteiger partial charge on any atom is 0.243 e. The van der Waals surface area contributed by atoms with Gasteiger partial charge in [0, 0.05) is 13.0 Å². The van der Waals surface area contributed by atoms with E-state index in [4.69, 9.17) is 10.3 Å². The van der Waals surface area contributed by atoms with Crippen LogP contribution in [0.4, 0.5) is 0 Å². The molecule has 0 heterocycles. The van der Waals surface area contributed by atoms with Crippen LogP contribution < -0.4 is 5.48 Å². The van der Waals surface area contributed by atoms with Crippen molar-refractivity contribution < 1.29 is 15.1 Å². The monoisotopic (exact) mass is 273 g/mol. The molecule has 0 unspecified atom stereocenters. The average Bonchev–Trinajstić information content (AvgIpc) is 2.43. The van der Waals surface area contributed by atoms with Crippen molar-refractivity contribution in [3.05, 3.63) is 0 Å². The molecule has 4 nitrogen and oxygen atoms in total. The predicted octanol–water partition coefficient (Wildman–Crippen LogP) is 3.56. The van der Waals surface area contributed by atoms with E-state index in [-0.39, 0.29) is 5.91 Å². The maximum absolute atomic E-state index is 10.7. The van der Waals surface area contributed by atoms with Gasteiger partial charge in [0.05, 0.1) is 0 Å². The summed E-state index contributed by atoms with van der Waals surface area (Å²) in [4.78, 5) is 10.7. The highest BCUT2D eigenvalue weighted by Crippen LogP contribution is 2.12. The van der Waals surface area contributed by atoms with Crippen molar-refractivity contribution in [1.29, 1.82) is 0 Å². The van der Waals surface area contributed by atoms with Gasteiger partial charge in [0.1, 0.15) is 0 Å². The highest BCUT2D eigenvalue weighted by Gasteiger charge is 1.98. The van der Waals surface area contributed by atoms with Gasteiger partial charge in [0.15, 0.2) is 0 Å². The fourth-order valence-electron chi connectivity index (χ4n) is 2.22. The van der Waals surface area contributed by atoms with Crippen LogP contribution in [0, 0.1) is 0 Å². The van der Waals surface area contributed by atoms with Crippen molar-refractivity contribution in [2.75, 3.05) is 6.61 Å². The molecular weight excluding hydrogens is 242 g/mol. The van der Waals surface area contributed by atoms with E-state index >= 15 is 0 Å². The minimum Gasteiger partial charge on any atom is -0.396 e. The third-order valence-corrected chi connectivity index (χ3v) is 3.44. The van der Waals surface area contributed by atoms with Gasteiger partial charge < -0.3 is 5.11 Å². The first-order valence-electron chi connectivity index (χ1n) is 7.85. The summed E-state index contributed by atoms with van der Waals surface area (Å²) in [6, 6.07) is 0. The van der Waals surface area contributed by atoms with Crippen LogP contribution in [-0.2, 0) is 4.79 Å². The predicted molar refractivity (Wildman–Crippen MR) is 77.0 cm³/mol. The minimum atomic E-state index is -0.277. The Morgan fingerprint density at radius 3 is 1.42 bits per heavy atom. The first-order valence-corrected chi connectivity index (χ1v) is 7.85. The molecule has 0 radical (unpaired) electrons. The van der Waals surface area contributed by atoms with E-state index in [0.717, 1.165) is 25.7 Å². The van der Waals surface area contributed by atoms with Crippen LogP contribution in [0.3, 0.4) is 0 Å². The molecule has 3 N–H and O–H groups in total. The zero-order chi connectivity index (χ0) is 14.2. The maximum atomic E-state index is 10.7. The van der Waals surface area contributed by atoms with Crippen molar-refractivity contribution in [1.82, 2.24) is 5.48 Å². The fraction of sp³-hybridized carbons (Fsp3) is 0.933. The Labute approximate surface area is 117 Å². The molecule has 0 aliphatic rings. The van der Waals surface area contributed by atoms with Gasteiger partial charge in [-0.3, -0.25) is 10.0 Å². The largest absolute Gasteiger partial charge is 0.396 e. The van der Waals surface area contributed by atoms with Crippen molar-refractivity contribution in [3.8, 4) is 0 Å². The number of rotatable bonds is 14. The second kappa shape index (κ2) is 15.4. The smallest absolute Gasteiger partial charge is 0.243 e. The molecule has 1 amide bonds. The Morgan fingerprint density at radius 2 is 1.05 bits per heavy atom. The number of hydroxylamine groups is 1. The Morgan fingerprint density at radius 1 is 0.684 bits per heavy atom. The Balaban J connectivity index is 2.97. The third-order valence-electron chi connectivity index (χ3n) is 3.44. The molecule has 0 aromatic rings. The lowest BCUT2D eigenvalue weighted by Gasteiger charge is -2.02. The summed E-state index contributed by atoms with van der Waals surface area (Å²) >= 11 is 0. The van der Waals surface area contributed by atoms with Crippen molar-refractivity contribution in [2.24, 2.45) is 0 Å². The van der Waals surface area contributed by atoms with E-state index in [0.29, 0.717) is 13.0 Å². The molecule has 0 saturated heterocycles. The Kier molecular flexibility index (Phi) is 15.0.